The second kappa shape index (κ2) is 10.8. The first-order chi connectivity index (χ1) is 18.0. The topological polar surface area (TPSA) is 34.1 Å². The molecule has 1 atom stereocenters. The molecule has 0 aliphatic rings. The third kappa shape index (κ3) is 4.99. The van der Waals surface area contributed by atoms with E-state index < -0.39 is 0 Å². The highest BCUT2D eigenvalue weighted by Crippen LogP contribution is 2.40. The molecule has 188 valence electrons. The van der Waals surface area contributed by atoms with E-state index in [0.717, 1.165) is 32.8 Å². The first-order valence-corrected chi connectivity index (χ1v) is 13.8. The molecule has 0 fully saturated rings. The molecule has 0 amide bonds. The number of nitrogens with one attached hydrogen (secondary N) is 1. The Labute approximate surface area is 224 Å². The highest BCUT2D eigenvalue weighted by Gasteiger charge is 2.23. The molecule has 4 aromatic carbocycles. The zero-order chi connectivity index (χ0) is 25.9. The van der Waals surface area contributed by atoms with Gasteiger partial charge in [-0.05, 0) is 46.0 Å². The minimum Gasteiger partial charge on any atom is -0.496 e. The van der Waals surface area contributed by atoms with Crippen molar-refractivity contribution in [1.29, 1.82) is 0 Å². The highest BCUT2D eigenvalue weighted by molar-refractivity contribution is 7.10. The molecule has 5 rings (SSSR count). The van der Waals surface area contributed by atoms with E-state index in [1.165, 1.54) is 22.4 Å². The van der Waals surface area contributed by atoms with Crippen LogP contribution in [0.2, 0.25) is 0 Å². The van der Waals surface area contributed by atoms with Crippen molar-refractivity contribution in [3.05, 3.63) is 112 Å². The van der Waals surface area contributed by atoms with Crippen LogP contribution in [0.15, 0.2) is 90.3 Å². The van der Waals surface area contributed by atoms with Gasteiger partial charge in [0, 0.05) is 22.0 Å². The first-order valence-electron chi connectivity index (χ1n) is 12.9. The van der Waals surface area contributed by atoms with Gasteiger partial charge in [-0.25, -0.2) is 4.98 Å². The number of rotatable bonds is 8. The van der Waals surface area contributed by atoms with Crippen LogP contribution in [0.5, 0.6) is 5.75 Å². The fourth-order valence-electron chi connectivity index (χ4n) is 5.01. The minimum atomic E-state index is -0.0538. The number of fused-ring (bicyclic) bond motifs is 1. The predicted molar refractivity (Wildman–Crippen MR) is 158 cm³/mol. The average molecular weight is 507 g/mol. The Balaban J connectivity index is 1.62. The van der Waals surface area contributed by atoms with E-state index in [2.05, 4.69) is 117 Å². The Morgan fingerprint density at radius 1 is 0.730 bits per heavy atom. The Morgan fingerprint density at radius 2 is 1.38 bits per heavy atom. The molecule has 3 nitrogen and oxygen atoms in total. The molecule has 0 aliphatic heterocycles. The molecule has 1 heterocycles. The van der Waals surface area contributed by atoms with Crippen LogP contribution in [0.4, 0.5) is 5.69 Å². The van der Waals surface area contributed by atoms with Gasteiger partial charge >= 0.3 is 0 Å². The number of anilines is 1. The Hall–Kier alpha value is -3.63. The third-order valence-electron chi connectivity index (χ3n) is 6.94. The maximum Gasteiger partial charge on any atom is 0.126 e. The van der Waals surface area contributed by atoms with Gasteiger partial charge in [0.25, 0.3) is 0 Å². The van der Waals surface area contributed by atoms with E-state index in [4.69, 9.17) is 9.72 Å². The van der Waals surface area contributed by atoms with Crippen molar-refractivity contribution in [2.75, 3.05) is 12.4 Å². The van der Waals surface area contributed by atoms with E-state index in [9.17, 15) is 0 Å². The van der Waals surface area contributed by atoms with Gasteiger partial charge in [0.05, 0.1) is 12.8 Å². The Morgan fingerprint density at radius 3 is 2.03 bits per heavy atom. The van der Waals surface area contributed by atoms with Crippen LogP contribution >= 0.6 is 11.3 Å². The predicted octanol–water partition coefficient (Wildman–Crippen LogP) is 9.42. The molecular formula is C33H34N2OS. The normalized spacial score (nSPS) is 12.3. The van der Waals surface area contributed by atoms with Crippen molar-refractivity contribution >= 4 is 27.8 Å². The molecule has 1 N–H and O–H groups in total. The summed E-state index contributed by atoms with van der Waals surface area (Å²) in [5.74, 6) is 1.70. The fraction of sp³-hybridized carbons (Fsp3) is 0.242. The molecule has 0 radical (unpaired) electrons. The Kier molecular flexibility index (Phi) is 7.29. The van der Waals surface area contributed by atoms with Crippen LogP contribution in [0, 0.1) is 0 Å². The van der Waals surface area contributed by atoms with Crippen molar-refractivity contribution in [1.82, 2.24) is 4.98 Å². The molecule has 0 saturated heterocycles. The fourth-order valence-corrected chi connectivity index (χ4v) is 5.91. The second-order valence-electron chi connectivity index (χ2n) is 10.0. The lowest BCUT2D eigenvalue weighted by atomic mass is 9.92. The third-order valence-corrected chi connectivity index (χ3v) is 7.85. The van der Waals surface area contributed by atoms with Crippen molar-refractivity contribution in [3.8, 4) is 17.0 Å². The molecule has 1 unspecified atom stereocenters. The van der Waals surface area contributed by atoms with E-state index in [1.54, 1.807) is 18.4 Å². The zero-order valence-corrected chi connectivity index (χ0v) is 23.0. The van der Waals surface area contributed by atoms with Gasteiger partial charge in [0.1, 0.15) is 16.8 Å². The molecule has 0 spiro atoms. The number of methoxy groups -OCH3 is 1. The molecule has 37 heavy (non-hydrogen) atoms. The summed E-state index contributed by atoms with van der Waals surface area (Å²) in [6.45, 7) is 9.05. The smallest absolute Gasteiger partial charge is 0.126 e. The number of hydrogen-bond donors (Lipinski definition) is 1. The number of nitrogens with zero attached hydrogens (tertiary/aromatic N) is 1. The minimum absolute atomic E-state index is 0.0538. The summed E-state index contributed by atoms with van der Waals surface area (Å²) in [4.78, 5) is 5.22. The number of aromatic nitrogens is 1. The molecule has 5 aromatic rings. The maximum absolute atomic E-state index is 5.62. The van der Waals surface area contributed by atoms with Crippen molar-refractivity contribution in [2.45, 2.75) is 45.6 Å². The van der Waals surface area contributed by atoms with Crippen LogP contribution in [0.25, 0.3) is 22.0 Å². The summed E-state index contributed by atoms with van der Waals surface area (Å²) < 4.78 is 5.62. The van der Waals surface area contributed by atoms with Crippen LogP contribution < -0.4 is 10.1 Å². The van der Waals surface area contributed by atoms with Crippen LogP contribution in [0.1, 0.15) is 67.3 Å². The molecule has 4 heteroatoms. The molecule has 0 aliphatic carbocycles. The second-order valence-corrected chi connectivity index (χ2v) is 10.9. The maximum atomic E-state index is 5.62. The quantitative estimate of drug-likeness (QED) is 0.228. The van der Waals surface area contributed by atoms with Gasteiger partial charge in [0.15, 0.2) is 0 Å². The lowest BCUT2D eigenvalue weighted by Gasteiger charge is -2.26. The summed E-state index contributed by atoms with van der Waals surface area (Å²) >= 11 is 1.71. The summed E-state index contributed by atoms with van der Waals surface area (Å²) in [7, 11) is 1.72. The molecular weight excluding hydrogens is 472 g/mol. The summed E-state index contributed by atoms with van der Waals surface area (Å²) in [6, 6.07) is 29.8. The van der Waals surface area contributed by atoms with Gasteiger partial charge in [-0.1, -0.05) is 100 Å². The lowest BCUT2D eigenvalue weighted by molar-refractivity contribution is 0.420. The Bertz CT molecular complexity index is 1480. The van der Waals surface area contributed by atoms with Gasteiger partial charge in [-0.2, -0.15) is 0 Å². The first kappa shape index (κ1) is 25.0. The van der Waals surface area contributed by atoms with Crippen molar-refractivity contribution < 1.29 is 4.74 Å². The average Bonchev–Trinajstić information content (AvgIpc) is 3.41. The van der Waals surface area contributed by atoms with Crippen LogP contribution in [0.3, 0.4) is 0 Å². The van der Waals surface area contributed by atoms with Crippen LogP contribution in [-0.2, 0) is 0 Å². The lowest BCUT2D eigenvalue weighted by Crippen LogP contribution is -2.16. The summed E-state index contributed by atoms with van der Waals surface area (Å²) in [5, 5.41) is 9.44. The van der Waals surface area contributed by atoms with Crippen LogP contribution in [-0.4, -0.2) is 12.1 Å². The number of ether oxygens (including phenoxy) is 1. The number of para-hydroxylation sites is 1. The van der Waals surface area contributed by atoms with Gasteiger partial charge in [0.2, 0.25) is 0 Å². The molecule has 1 aromatic heterocycles. The SMILES string of the molecule is COc1ccc(-c2csc(C(Nc3c(C(C)C)cccc3C(C)C)c3ccccc3)n2)c2ccccc12. The van der Waals surface area contributed by atoms with E-state index >= 15 is 0 Å². The van der Waals surface area contributed by atoms with Gasteiger partial charge < -0.3 is 10.1 Å². The van der Waals surface area contributed by atoms with E-state index in [-0.39, 0.29) is 6.04 Å². The molecule has 0 saturated carbocycles. The largest absolute Gasteiger partial charge is 0.496 e. The van der Waals surface area contributed by atoms with Crippen molar-refractivity contribution in [3.63, 3.8) is 0 Å². The van der Waals surface area contributed by atoms with Gasteiger partial charge in [-0.3, -0.25) is 0 Å². The van der Waals surface area contributed by atoms with E-state index in [0.29, 0.717) is 11.8 Å². The van der Waals surface area contributed by atoms with E-state index in [1.807, 2.05) is 6.07 Å². The highest BCUT2D eigenvalue weighted by atomic mass is 32.1. The monoisotopic (exact) mass is 506 g/mol. The molecule has 0 bridgehead atoms. The number of hydrogen-bond acceptors (Lipinski definition) is 4. The zero-order valence-electron chi connectivity index (χ0n) is 22.2. The van der Waals surface area contributed by atoms with Gasteiger partial charge in [-0.15, -0.1) is 11.3 Å². The number of thiazole rings is 1. The summed E-state index contributed by atoms with van der Waals surface area (Å²) in [6.07, 6.45) is 0. The number of benzene rings is 4. The van der Waals surface area contributed by atoms with Crippen molar-refractivity contribution in [2.24, 2.45) is 0 Å². The summed E-state index contributed by atoms with van der Waals surface area (Å²) in [5.41, 5.74) is 7.22. The standard InChI is InChI=1S/C33H34N2OS/c1-21(2)24-16-11-17-25(22(3)4)32(24)35-31(23-12-7-6-8-13-23)33-34-29(20-37-33)27-18-19-30(36-5)28-15-10-9-14-26(27)28/h6-22,31,35H,1-5H3.